The summed E-state index contributed by atoms with van der Waals surface area (Å²) in [4.78, 5) is 3.93. The lowest BCUT2D eigenvalue weighted by Crippen LogP contribution is -2.14. The lowest BCUT2D eigenvalue weighted by atomic mass is 10.1. The Kier molecular flexibility index (Phi) is 6.95. The molecule has 0 saturated heterocycles. The van der Waals surface area contributed by atoms with E-state index < -0.39 is 15.8 Å². The van der Waals surface area contributed by atoms with Crippen LogP contribution in [0.2, 0.25) is 0 Å². The van der Waals surface area contributed by atoms with Gasteiger partial charge < -0.3 is 10.1 Å². The van der Waals surface area contributed by atoms with Gasteiger partial charge in [-0.3, -0.25) is 4.98 Å². The first-order valence-electron chi connectivity index (χ1n) is 9.43. The fourth-order valence-corrected chi connectivity index (χ4v) is 4.45. The molecular formula is C21H23BrFN3O3S. The van der Waals surface area contributed by atoms with Crippen molar-refractivity contribution in [2.75, 3.05) is 13.7 Å². The molecule has 4 rings (SSSR count). The number of benzene rings is 1. The molecule has 1 fully saturated rings. The van der Waals surface area contributed by atoms with Gasteiger partial charge in [-0.2, -0.15) is 0 Å². The molecule has 0 amide bonds. The summed E-state index contributed by atoms with van der Waals surface area (Å²) in [5, 5.41) is 2.99. The zero-order valence-corrected chi connectivity index (χ0v) is 18.9. The van der Waals surface area contributed by atoms with Gasteiger partial charge in [-0.15, -0.1) is 17.0 Å². The molecule has 0 unspecified atom stereocenters. The molecule has 0 radical (unpaired) electrons. The summed E-state index contributed by atoms with van der Waals surface area (Å²) in [6.45, 7) is 1.03. The molecule has 3 aromatic rings. The van der Waals surface area contributed by atoms with Crippen LogP contribution in [0.5, 0.6) is 5.75 Å². The molecule has 0 bridgehead atoms. The van der Waals surface area contributed by atoms with Crippen LogP contribution < -0.4 is 10.1 Å². The highest BCUT2D eigenvalue weighted by Gasteiger charge is 2.24. The Morgan fingerprint density at radius 3 is 2.70 bits per heavy atom. The van der Waals surface area contributed by atoms with E-state index in [0.717, 1.165) is 22.4 Å². The van der Waals surface area contributed by atoms with Gasteiger partial charge in [0.1, 0.15) is 16.5 Å². The Morgan fingerprint density at radius 1 is 1.27 bits per heavy atom. The minimum absolute atomic E-state index is 0. The summed E-state index contributed by atoms with van der Waals surface area (Å²) in [6, 6.07) is 9.24. The summed E-state index contributed by atoms with van der Waals surface area (Å²) in [7, 11) is -2.16. The predicted octanol–water partition coefficient (Wildman–Crippen LogP) is 4.01. The molecule has 1 aromatic carbocycles. The van der Waals surface area contributed by atoms with E-state index in [1.165, 1.54) is 30.7 Å². The van der Waals surface area contributed by atoms with Crippen molar-refractivity contribution in [1.29, 1.82) is 0 Å². The minimum atomic E-state index is -3.93. The minimum Gasteiger partial charge on any atom is -0.493 e. The number of rotatable bonds is 8. The van der Waals surface area contributed by atoms with Gasteiger partial charge in [0.15, 0.2) is 0 Å². The lowest BCUT2D eigenvalue weighted by Gasteiger charge is -2.12. The second-order valence-corrected chi connectivity index (χ2v) is 8.96. The Bertz CT molecular complexity index is 1120. The molecule has 0 aliphatic heterocycles. The van der Waals surface area contributed by atoms with Gasteiger partial charge in [0, 0.05) is 36.8 Å². The van der Waals surface area contributed by atoms with Crippen LogP contribution in [0.15, 0.2) is 59.9 Å². The number of nitrogens with one attached hydrogen (secondary N) is 1. The highest BCUT2D eigenvalue weighted by atomic mass is 79.9. The standard InChI is InChI=1S/C21H22FN3O3S.BrH/c1-23-11-16-9-21(25(13-16)29(26,27)18-3-2-8-24-12-18)19-7-6-17(10-20(19)22)28-14-15-4-5-15;/h2-3,6-10,12-13,15,23H,4-5,11,14H2,1H3;1H. The molecule has 6 nitrogen and oxygen atoms in total. The van der Waals surface area contributed by atoms with Gasteiger partial charge >= 0.3 is 0 Å². The van der Waals surface area contributed by atoms with Crippen LogP contribution in [0.1, 0.15) is 18.4 Å². The molecule has 0 spiro atoms. The van der Waals surface area contributed by atoms with E-state index in [1.807, 2.05) is 0 Å². The van der Waals surface area contributed by atoms with Crippen LogP contribution in [-0.2, 0) is 16.6 Å². The average Bonchev–Trinajstić information content (AvgIpc) is 3.45. The second kappa shape index (κ2) is 9.28. The van der Waals surface area contributed by atoms with E-state index in [4.69, 9.17) is 4.74 Å². The molecule has 160 valence electrons. The SMILES string of the molecule is Br.CNCc1cc(-c2ccc(OCC3CC3)cc2F)n(S(=O)(=O)c2cccnc2)c1. The topological polar surface area (TPSA) is 73.2 Å². The molecule has 2 aromatic heterocycles. The maximum absolute atomic E-state index is 14.9. The zero-order chi connectivity index (χ0) is 20.4. The molecule has 1 saturated carbocycles. The van der Waals surface area contributed by atoms with Crippen molar-refractivity contribution < 1.29 is 17.5 Å². The number of halogens is 2. The molecular weight excluding hydrogens is 473 g/mol. The maximum Gasteiger partial charge on any atom is 0.269 e. The summed E-state index contributed by atoms with van der Waals surface area (Å²) < 4.78 is 48.0. The van der Waals surface area contributed by atoms with Crippen molar-refractivity contribution in [3.8, 4) is 17.0 Å². The van der Waals surface area contributed by atoms with E-state index in [1.54, 1.807) is 31.3 Å². The molecule has 1 aliphatic rings. The molecule has 30 heavy (non-hydrogen) atoms. The van der Waals surface area contributed by atoms with Crippen molar-refractivity contribution in [3.63, 3.8) is 0 Å². The molecule has 1 aliphatic carbocycles. The summed E-state index contributed by atoms with van der Waals surface area (Å²) in [5.74, 6) is 0.473. The first kappa shape index (κ1) is 22.5. The van der Waals surface area contributed by atoms with Crippen molar-refractivity contribution >= 4 is 27.0 Å². The van der Waals surface area contributed by atoms with Crippen LogP contribution >= 0.6 is 17.0 Å². The summed E-state index contributed by atoms with van der Waals surface area (Å²) in [5.41, 5.74) is 1.17. The first-order chi connectivity index (χ1) is 14.0. The smallest absolute Gasteiger partial charge is 0.269 e. The van der Waals surface area contributed by atoms with Crippen molar-refractivity contribution in [2.45, 2.75) is 24.3 Å². The van der Waals surface area contributed by atoms with Crippen molar-refractivity contribution in [2.24, 2.45) is 5.92 Å². The van der Waals surface area contributed by atoms with Gasteiger partial charge in [0.05, 0.1) is 12.3 Å². The predicted molar refractivity (Wildman–Crippen MR) is 118 cm³/mol. The highest BCUT2D eigenvalue weighted by molar-refractivity contribution is 8.93. The van der Waals surface area contributed by atoms with Gasteiger partial charge in [-0.1, -0.05) is 0 Å². The summed E-state index contributed by atoms with van der Waals surface area (Å²) in [6.07, 6.45) is 6.58. The summed E-state index contributed by atoms with van der Waals surface area (Å²) >= 11 is 0. The number of nitrogens with zero attached hydrogens (tertiary/aromatic N) is 2. The lowest BCUT2D eigenvalue weighted by molar-refractivity contribution is 0.298. The van der Waals surface area contributed by atoms with Crippen LogP contribution in [-0.4, -0.2) is 31.0 Å². The van der Waals surface area contributed by atoms with E-state index in [-0.39, 0.29) is 33.1 Å². The third-order valence-electron chi connectivity index (χ3n) is 4.81. The Hall–Kier alpha value is -2.23. The Morgan fingerprint density at radius 2 is 2.07 bits per heavy atom. The molecule has 9 heteroatoms. The fourth-order valence-electron chi connectivity index (χ4n) is 3.10. The van der Waals surface area contributed by atoms with E-state index in [2.05, 4.69) is 10.3 Å². The number of hydrogen-bond donors (Lipinski definition) is 1. The molecule has 1 N–H and O–H groups in total. The Balaban J connectivity index is 0.00000256. The van der Waals surface area contributed by atoms with Gasteiger partial charge in [-0.05, 0) is 61.7 Å². The largest absolute Gasteiger partial charge is 0.493 e. The van der Waals surface area contributed by atoms with Gasteiger partial charge in [0.25, 0.3) is 10.0 Å². The van der Waals surface area contributed by atoms with Crippen molar-refractivity contribution in [3.05, 3.63) is 66.4 Å². The average molecular weight is 496 g/mol. The number of hydrogen-bond acceptors (Lipinski definition) is 5. The van der Waals surface area contributed by atoms with E-state index in [0.29, 0.717) is 24.8 Å². The van der Waals surface area contributed by atoms with Gasteiger partial charge in [0.2, 0.25) is 0 Å². The highest BCUT2D eigenvalue weighted by Crippen LogP contribution is 2.33. The number of aromatic nitrogens is 2. The maximum atomic E-state index is 14.9. The third kappa shape index (κ3) is 4.74. The Labute approximate surface area is 185 Å². The fraction of sp³-hybridized carbons (Fsp3) is 0.286. The second-order valence-electron chi connectivity index (χ2n) is 7.15. The quantitative estimate of drug-likeness (QED) is 0.510. The zero-order valence-electron chi connectivity index (χ0n) is 16.4. The van der Waals surface area contributed by atoms with Crippen LogP contribution in [0.4, 0.5) is 4.39 Å². The first-order valence-corrected chi connectivity index (χ1v) is 10.9. The van der Waals surface area contributed by atoms with Crippen LogP contribution in [0.3, 0.4) is 0 Å². The van der Waals surface area contributed by atoms with Gasteiger partial charge in [-0.25, -0.2) is 16.8 Å². The van der Waals surface area contributed by atoms with Crippen molar-refractivity contribution in [1.82, 2.24) is 14.3 Å². The van der Waals surface area contributed by atoms with Crippen LogP contribution in [0, 0.1) is 11.7 Å². The normalized spacial score (nSPS) is 13.7. The van der Waals surface area contributed by atoms with Crippen LogP contribution in [0.25, 0.3) is 11.3 Å². The number of pyridine rings is 1. The third-order valence-corrected chi connectivity index (χ3v) is 6.47. The van der Waals surface area contributed by atoms with E-state index in [9.17, 15) is 12.8 Å². The monoisotopic (exact) mass is 495 g/mol. The molecule has 2 heterocycles. The number of ether oxygens (including phenoxy) is 1. The van der Waals surface area contributed by atoms with E-state index >= 15 is 0 Å². The molecule has 0 atom stereocenters.